The summed E-state index contributed by atoms with van der Waals surface area (Å²) < 4.78 is 12.6. The third-order valence-electron chi connectivity index (χ3n) is 8.91. The summed E-state index contributed by atoms with van der Waals surface area (Å²) in [6.07, 6.45) is 8.61. The third kappa shape index (κ3) is 2.35. The molecule has 0 radical (unpaired) electrons. The van der Waals surface area contributed by atoms with Gasteiger partial charge in [0.1, 0.15) is 5.66 Å². The van der Waals surface area contributed by atoms with E-state index in [1.807, 2.05) is 0 Å². The summed E-state index contributed by atoms with van der Waals surface area (Å²) in [7, 11) is 0. The maximum atomic E-state index is 6.49. The number of ether oxygens (including phenoxy) is 2. The summed E-state index contributed by atoms with van der Waals surface area (Å²) >= 11 is 2.24. The Morgan fingerprint density at radius 3 is 2.31 bits per heavy atom. The monoisotopic (exact) mass is 418 g/mol. The summed E-state index contributed by atoms with van der Waals surface area (Å²) in [4.78, 5) is 7.86. The van der Waals surface area contributed by atoms with E-state index in [0.29, 0.717) is 23.4 Å². The standard InChI is InChI=1S/C22H34N4O2S/c1-2-10-25(9-1)26-14-16(17-15-28-17)21(18-13-23-18,20-5-3-12-29-20)22(26,19-6-11-27-19)24-7-4-8-24/h16-17,19-20H,1-15H2. The lowest BCUT2D eigenvalue weighted by atomic mass is 9.59. The highest BCUT2D eigenvalue weighted by Crippen LogP contribution is 2.66. The molecule has 6 saturated heterocycles. The van der Waals surface area contributed by atoms with Gasteiger partial charge in [0.25, 0.3) is 0 Å². The molecule has 7 rings (SSSR count). The van der Waals surface area contributed by atoms with Crippen LogP contribution in [0.2, 0.25) is 0 Å². The van der Waals surface area contributed by atoms with Crippen LogP contribution in [0.15, 0.2) is 4.99 Å². The van der Waals surface area contributed by atoms with Crippen LogP contribution in [0, 0.1) is 11.3 Å². The zero-order chi connectivity index (χ0) is 19.1. The highest BCUT2D eigenvalue weighted by atomic mass is 32.2. The van der Waals surface area contributed by atoms with E-state index in [0.717, 1.165) is 26.3 Å². The molecule has 6 atom stereocenters. The number of hydrogen-bond donors (Lipinski definition) is 0. The Labute approximate surface area is 178 Å². The highest BCUT2D eigenvalue weighted by Gasteiger charge is 2.79. The Bertz CT molecular complexity index is 681. The molecule has 0 aromatic heterocycles. The van der Waals surface area contributed by atoms with Gasteiger partial charge in [0, 0.05) is 62.6 Å². The van der Waals surface area contributed by atoms with Gasteiger partial charge in [0.2, 0.25) is 0 Å². The van der Waals surface area contributed by atoms with Gasteiger partial charge in [-0.1, -0.05) is 0 Å². The summed E-state index contributed by atoms with van der Waals surface area (Å²) in [6, 6.07) is 0. The second-order valence-corrected chi connectivity index (χ2v) is 11.4. The van der Waals surface area contributed by atoms with Crippen LogP contribution in [-0.2, 0) is 9.47 Å². The molecular weight excluding hydrogens is 384 g/mol. The van der Waals surface area contributed by atoms with Gasteiger partial charge in [0.05, 0.1) is 30.8 Å². The summed E-state index contributed by atoms with van der Waals surface area (Å²) in [5, 5.41) is 6.24. The number of likely N-dealkylation sites (tertiary alicyclic amines) is 1. The van der Waals surface area contributed by atoms with Gasteiger partial charge >= 0.3 is 0 Å². The van der Waals surface area contributed by atoms with Crippen molar-refractivity contribution < 1.29 is 9.47 Å². The van der Waals surface area contributed by atoms with Crippen molar-refractivity contribution in [3.8, 4) is 0 Å². The molecule has 0 aliphatic carbocycles. The molecule has 0 bridgehead atoms. The van der Waals surface area contributed by atoms with E-state index < -0.39 is 0 Å². The van der Waals surface area contributed by atoms with E-state index >= 15 is 0 Å². The predicted octanol–water partition coefficient (Wildman–Crippen LogP) is 1.86. The lowest BCUT2D eigenvalue weighted by molar-refractivity contribution is -0.275. The number of hydrazine groups is 1. The van der Waals surface area contributed by atoms with Crippen molar-refractivity contribution in [2.75, 3.05) is 58.2 Å². The molecule has 0 aromatic rings. The average molecular weight is 419 g/mol. The highest BCUT2D eigenvalue weighted by molar-refractivity contribution is 8.00. The largest absolute Gasteiger partial charge is 0.375 e. The molecule has 29 heavy (non-hydrogen) atoms. The molecule has 0 N–H and O–H groups in total. The summed E-state index contributed by atoms with van der Waals surface area (Å²) in [5.41, 5.74) is 1.58. The lowest BCUT2D eigenvalue weighted by Gasteiger charge is -2.65. The second-order valence-electron chi connectivity index (χ2n) is 10.1. The first-order chi connectivity index (χ1) is 14.4. The third-order valence-corrected chi connectivity index (χ3v) is 10.4. The first-order valence-corrected chi connectivity index (χ1v) is 13.1. The Morgan fingerprint density at radius 1 is 1.00 bits per heavy atom. The molecule has 6 nitrogen and oxygen atoms in total. The van der Waals surface area contributed by atoms with Crippen LogP contribution in [0.25, 0.3) is 0 Å². The first-order valence-electron chi connectivity index (χ1n) is 12.0. The summed E-state index contributed by atoms with van der Waals surface area (Å²) in [5.74, 6) is 1.87. The molecule has 0 spiro atoms. The number of aliphatic imine (C=N–C) groups is 1. The van der Waals surface area contributed by atoms with Gasteiger partial charge in [-0.2, -0.15) is 11.8 Å². The van der Waals surface area contributed by atoms with Crippen molar-refractivity contribution in [3.05, 3.63) is 0 Å². The maximum Gasteiger partial charge on any atom is 0.126 e. The fourth-order valence-corrected chi connectivity index (χ4v) is 9.22. The van der Waals surface area contributed by atoms with Crippen LogP contribution in [0.1, 0.15) is 38.5 Å². The van der Waals surface area contributed by atoms with E-state index in [1.54, 1.807) is 0 Å². The molecular formula is C22H34N4O2S. The van der Waals surface area contributed by atoms with Crippen molar-refractivity contribution in [3.63, 3.8) is 0 Å². The van der Waals surface area contributed by atoms with Crippen molar-refractivity contribution in [1.82, 2.24) is 14.9 Å². The first kappa shape index (κ1) is 18.4. The number of hydrogen-bond acceptors (Lipinski definition) is 7. The number of thioether (sulfide) groups is 1. The Morgan fingerprint density at radius 2 is 1.79 bits per heavy atom. The quantitative estimate of drug-likeness (QED) is 0.614. The van der Waals surface area contributed by atoms with E-state index in [4.69, 9.17) is 14.5 Å². The van der Waals surface area contributed by atoms with Crippen LogP contribution in [-0.4, -0.2) is 102 Å². The molecule has 0 saturated carbocycles. The summed E-state index contributed by atoms with van der Waals surface area (Å²) in [6.45, 7) is 8.85. The average Bonchev–Trinajstić information content (AvgIpc) is 3.51. The Hall–Kier alpha value is -0.180. The van der Waals surface area contributed by atoms with E-state index in [2.05, 4.69) is 26.7 Å². The second kappa shape index (κ2) is 6.66. The van der Waals surface area contributed by atoms with Crippen LogP contribution in [0.4, 0.5) is 0 Å². The fraction of sp³-hybridized carbons (Fsp3) is 0.955. The topological polar surface area (TPSA) is 43.8 Å². The molecule has 7 heteroatoms. The lowest BCUT2D eigenvalue weighted by Crippen LogP contribution is -2.80. The number of rotatable bonds is 6. The minimum Gasteiger partial charge on any atom is -0.375 e. The zero-order valence-corrected chi connectivity index (χ0v) is 18.2. The molecule has 7 aliphatic heterocycles. The SMILES string of the molecule is C1CSC(C2(C3=NC3)C(C3CO3)CN(N3CCCC3)C2(C2CCO2)N2CCC2)C1. The molecule has 160 valence electrons. The normalized spacial score (nSPS) is 50.4. The maximum absolute atomic E-state index is 6.49. The van der Waals surface area contributed by atoms with E-state index in [1.165, 1.54) is 76.2 Å². The minimum atomic E-state index is -0.0399. The Balaban J connectivity index is 1.44. The van der Waals surface area contributed by atoms with Gasteiger partial charge in [0.15, 0.2) is 0 Å². The number of epoxide rings is 1. The van der Waals surface area contributed by atoms with Gasteiger partial charge in [-0.3, -0.25) is 9.89 Å². The van der Waals surface area contributed by atoms with E-state index in [9.17, 15) is 0 Å². The van der Waals surface area contributed by atoms with Gasteiger partial charge < -0.3 is 9.47 Å². The molecule has 7 aliphatic rings. The van der Waals surface area contributed by atoms with Gasteiger partial charge in [-0.25, -0.2) is 10.0 Å². The van der Waals surface area contributed by atoms with Crippen LogP contribution in [0.3, 0.4) is 0 Å². The number of nitrogens with zero attached hydrogens (tertiary/aromatic N) is 4. The van der Waals surface area contributed by atoms with Gasteiger partial charge in [-0.15, -0.1) is 0 Å². The van der Waals surface area contributed by atoms with Crippen molar-refractivity contribution >= 4 is 17.5 Å². The molecule has 0 aromatic carbocycles. The van der Waals surface area contributed by atoms with Crippen molar-refractivity contribution in [1.29, 1.82) is 0 Å². The smallest absolute Gasteiger partial charge is 0.126 e. The van der Waals surface area contributed by atoms with Crippen molar-refractivity contribution in [2.45, 2.75) is 61.6 Å². The van der Waals surface area contributed by atoms with Crippen LogP contribution in [0.5, 0.6) is 0 Å². The molecule has 6 unspecified atom stereocenters. The minimum absolute atomic E-state index is 0.0399. The van der Waals surface area contributed by atoms with Gasteiger partial charge in [-0.05, 0) is 37.9 Å². The van der Waals surface area contributed by atoms with E-state index in [-0.39, 0.29) is 11.1 Å². The van der Waals surface area contributed by atoms with Crippen molar-refractivity contribution in [2.24, 2.45) is 16.3 Å². The van der Waals surface area contributed by atoms with Crippen LogP contribution < -0.4 is 0 Å². The predicted molar refractivity (Wildman–Crippen MR) is 114 cm³/mol. The molecule has 6 fully saturated rings. The molecule has 0 amide bonds. The fourth-order valence-electron chi connectivity index (χ4n) is 7.52. The van der Waals surface area contributed by atoms with Crippen LogP contribution >= 0.6 is 11.8 Å². The molecule has 7 heterocycles. The Kier molecular flexibility index (Phi) is 4.22. The zero-order valence-electron chi connectivity index (χ0n) is 17.4.